The van der Waals surface area contributed by atoms with Gasteiger partial charge in [-0.3, -0.25) is 9.59 Å². The van der Waals surface area contributed by atoms with Crippen molar-refractivity contribution >= 4 is 11.6 Å². The van der Waals surface area contributed by atoms with Gasteiger partial charge in [0.05, 0.1) is 5.92 Å². The predicted octanol–water partition coefficient (Wildman–Crippen LogP) is 3.63. The summed E-state index contributed by atoms with van der Waals surface area (Å²) in [7, 11) is 0. The van der Waals surface area contributed by atoms with E-state index in [0.717, 1.165) is 32.1 Å². The van der Waals surface area contributed by atoms with Crippen LogP contribution in [-0.2, 0) is 16.0 Å². The van der Waals surface area contributed by atoms with Gasteiger partial charge in [-0.2, -0.15) is 0 Å². The summed E-state index contributed by atoms with van der Waals surface area (Å²) >= 11 is 0. The maximum absolute atomic E-state index is 12.8. The van der Waals surface area contributed by atoms with Gasteiger partial charge in [-0.05, 0) is 80.0 Å². The van der Waals surface area contributed by atoms with Crippen molar-refractivity contribution in [2.45, 2.75) is 51.9 Å². The lowest BCUT2D eigenvalue weighted by molar-refractivity contribution is -0.136. The van der Waals surface area contributed by atoms with Gasteiger partial charge in [0.2, 0.25) is 0 Å². The van der Waals surface area contributed by atoms with E-state index in [9.17, 15) is 14.7 Å². The van der Waals surface area contributed by atoms with Gasteiger partial charge in [0.15, 0.2) is 0 Å². The highest BCUT2D eigenvalue weighted by atomic mass is 16.3. The Balaban J connectivity index is 1.71. The molecular formula is C20H24O3. The minimum Gasteiger partial charge on any atom is -0.508 e. The summed E-state index contributed by atoms with van der Waals surface area (Å²) in [5, 5.41) is 9.72. The SMILES string of the molecule is CC(=O)C1CC2C3CCc4cc(O)ccc4C3CC[C@]2(C)C1=O. The van der Waals surface area contributed by atoms with Gasteiger partial charge in [0.25, 0.3) is 0 Å². The number of aryl methyl sites for hydroxylation is 1. The fourth-order valence-electron chi connectivity index (χ4n) is 5.74. The average molecular weight is 312 g/mol. The highest BCUT2D eigenvalue weighted by molar-refractivity contribution is 6.05. The molecule has 0 amide bonds. The normalized spacial score (nSPS) is 38.6. The minimum atomic E-state index is -0.370. The molecule has 4 unspecified atom stereocenters. The average Bonchev–Trinajstić information content (AvgIpc) is 2.79. The van der Waals surface area contributed by atoms with Crippen LogP contribution in [0.5, 0.6) is 5.75 Å². The molecule has 3 nitrogen and oxygen atoms in total. The topological polar surface area (TPSA) is 54.4 Å². The zero-order valence-electron chi connectivity index (χ0n) is 13.8. The Labute approximate surface area is 137 Å². The largest absolute Gasteiger partial charge is 0.508 e. The van der Waals surface area contributed by atoms with Gasteiger partial charge >= 0.3 is 0 Å². The standard InChI is InChI=1S/C20H24O3/c1-11(21)17-10-18-16-5-3-12-9-13(22)4-6-14(12)15(16)7-8-20(18,2)19(17)23/h4,6,9,15-18,22H,3,5,7-8,10H2,1-2H3/t15?,16?,17?,18?,20-/m0/s1. The summed E-state index contributed by atoms with van der Waals surface area (Å²) in [4.78, 5) is 24.7. The first kappa shape index (κ1) is 14.9. The fourth-order valence-corrected chi connectivity index (χ4v) is 5.74. The first-order valence-corrected chi connectivity index (χ1v) is 8.78. The van der Waals surface area contributed by atoms with Crippen molar-refractivity contribution in [1.29, 1.82) is 0 Å². The predicted molar refractivity (Wildman–Crippen MR) is 87.3 cm³/mol. The summed E-state index contributed by atoms with van der Waals surface area (Å²) in [6.07, 6.45) is 4.70. The number of Topliss-reactive ketones (excluding diaryl/α,β-unsaturated/α-hetero) is 2. The monoisotopic (exact) mass is 312 g/mol. The molecule has 4 rings (SSSR count). The van der Waals surface area contributed by atoms with Gasteiger partial charge in [0.1, 0.15) is 17.3 Å². The number of fused-ring (bicyclic) bond motifs is 5. The van der Waals surface area contributed by atoms with E-state index in [4.69, 9.17) is 0 Å². The van der Waals surface area contributed by atoms with Gasteiger partial charge in [-0.1, -0.05) is 13.0 Å². The van der Waals surface area contributed by atoms with Crippen molar-refractivity contribution in [3.8, 4) is 5.75 Å². The maximum Gasteiger partial charge on any atom is 0.149 e. The van der Waals surface area contributed by atoms with Crippen molar-refractivity contribution in [3.05, 3.63) is 29.3 Å². The van der Waals surface area contributed by atoms with Crippen molar-refractivity contribution in [2.75, 3.05) is 0 Å². The van der Waals surface area contributed by atoms with Crippen LogP contribution in [0.2, 0.25) is 0 Å². The number of rotatable bonds is 1. The molecule has 122 valence electrons. The van der Waals surface area contributed by atoms with Gasteiger partial charge in [-0.15, -0.1) is 0 Å². The van der Waals surface area contributed by atoms with Crippen LogP contribution in [0.25, 0.3) is 0 Å². The second-order valence-electron chi connectivity index (χ2n) is 8.02. The molecule has 0 spiro atoms. The number of carbonyl (C=O) groups is 2. The van der Waals surface area contributed by atoms with Crippen LogP contribution in [0.3, 0.4) is 0 Å². The molecule has 0 radical (unpaired) electrons. The second kappa shape index (κ2) is 4.93. The summed E-state index contributed by atoms with van der Waals surface area (Å²) < 4.78 is 0. The van der Waals surface area contributed by atoms with Crippen LogP contribution in [0.4, 0.5) is 0 Å². The van der Waals surface area contributed by atoms with Gasteiger partial charge in [-0.25, -0.2) is 0 Å². The highest BCUT2D eigenvalue weighted by Crippen LogP contribution is 2.60. The Bertz CT molecular complexity index is 692. The molecule has 23 heavy (non-hydrogen) atoms. The maximum atomic E-state index is 12.8. The fraction of sp³-hybridized carbons (Fsp3) is 0.600. The van der Waals surface area contributed by atoms with E-state index in [1.54, 1.807) is 13.0 Å². The van der Waals surface area contributed by atoms with Crippen LogP contribution in [0.1, 0.15) is 56.6 Å². The lowest BCUT2D eigenvalue weighted by Crippen LogP contribution is -2.42. The van der Waals surface area contributed by atoms with Crippen molar-refractivity contribution in [1.82, 2.24) is 0 Å². The zero-order valence-corrected chi connectivity index (χ0v) is 13.8. The molecule has 2 fully saturated rings. The third-order valence-electron chi connectivity index (χ3n) is 6.96. The number of aromatic hydroxyl groups is 1. The molecule has 0 bridgehead atoms. The molecule has 2 saturated carbocycles. The van der Waals surface area contributed by atoms with Crippen LogP contribution in [0.15, 0.2) is 18.2 Å². The number of benzene rings is 1. The molecule has 1 aromatic carbocycles. The van der Waals surface area contributed by atoms with Gasteiger partial charge in [0, 0.05) is 5.41 Å². The number of phenols is 1. The van der Waals surface area contributed by atoms with Crippen LogP contribution >= 0.6 is 0 Å². The molecule has 1 N–H and O–H groups in total. The molecule has 3 heteroatoms. The van der Waals surface area contributed by atoms with Crippen molar-refractivity contribution in [3.63, 3.8) is 0 Å². The Morgan fingerprint density at radius 2 is 2.09 bits per heavy atom. The quantitative estimate of drug-likeness (QED) is 0.806. The highest BCUT2D eigenvalue weighted by Gasteiger charge is 2.58. The summed E-state index contributed by atoms with van der Waals surface area (Å²) in [6, 6.07) is 5.76. The second-order valence-corrected chi connectivity index (χ2v) is 8.02. The number of ketones is 2. The molecule has 3 aliphatic carbocycles. The number of hydrogen-bond donors (Lipinski definition) is 1. The third kappa shape index (κ3) is 2.02. The van der Waals surface area contributed by atoms with Gasteiger partial charge < -0.3 is 5.11 Å². The summed E-state index contributed by atoms with van der Waals surface area (Å²) in [6.45, 7) is 3.67. The summed E-state index contributed by atoms with van der Waals surface area (Å²) in [5.41, 5.74) is 2.33. The Morgan fingerprint density at radius 1 is 1.30 bits per heavy atom. The molecule has 0 aromatic heterocycles. The molecule has 1 aromatic rings. The minimum absolute atomic E-state index is 0.0447. The number of hydrogen-bond acceptors (Lipinski definition) is 3. The zero-order chi connectivity index (χ0) is 16.4. The van der Waals surface area contributed by atoms with Crippen LogP contribution < -0.4 is 0 Å². The Morgan fingerprint density at radius 3 is 2.83 bits per heavy atom. The Kier molecular flexibility index (Phi) is 3.20. The van der Waals surface area contributed by atoms with E-state index in [1.165, 1.54) is 11.1 Å². The lowest BCUT2D eigenvalue weighted by atomic mass is 9.55. The lowest BCUT2D eigenvalue weighted by Gasteiger charge is -2.48. The van der Waals surface area contributed by atoms with Crippen molar-refractivity contribution in [2.24, 2.45) is 23.2 Å². The molecule has 0 aliphatic heterocycles. The van der Waals surface area contributed by atoms with Crippen LogP contribution in [-0.4, -0.2) is 16.7 Å². The van der Waals surface area contributed by atoms with E-state index in [-0.39, 0.29) is 22.9 Å². The van der Waals surface area contributed by atoms with E-state index < -0.39 is 0 Å². The molecular weight excluding hydrogens is 288 g/mol. The number of phenolic OH excluding ortho intramolecular Hbond substituents is 1. The first-order chi connectivity index (χ1) is 10.9. The Hall–Kier alpha value is -1.64. The van der Waals surface area contributed by atoms with Crippen LogP contribution in [0, 0.1) is 23.2 Å². The first-order valence-electron chi connectivity index (χ1n) is 8.78. The molecule has 3 aliphatic rings. The molecule has 5 atom stereocenters. The molecule has 0 heterocycles. The smallest absolute Gasteiger partial charge is 0.149 e. The van der Waals surface area contributed by atoms with E-state index >= 15 is 0 Å². The van der Waals surface area contributed by atoms with Crippen molar-refractivity contribution < 1.29 is 14.7 Å². The molecule has 0 saturated heterocycles. The van der Waals surface area contributed by atoms with E-state index in [0.29, 0.717) is 23.5 Å². The van der Waals surface area contributed by atoms with E-state index in [1.807, 2.05) is 6.07 Å². The third-order valence-corrected chi connectivity index (χ3v) is 6.96. The summed E-state index contributed by atoms with van der Waals surface area (Å²) in [5.74, 6) is 1.54. The van der Waals surface area contributed by atoms with E-state index in [2.05, 4.69) is 13.0 Å². The number of carbonyl (C=O) groups excluding carboxylic acids is 2.